The zero-order valence-corrected chi connectivity index (χ0v) is 21.5. The zero-order chi connectivity index (χ0) is 28.7. The van der Waals surface area contributed by atoms with Crippen molar-refractivity contribution in [3.63, 3.8) is 0 Å². The number of carbonyl (C=O) groups excluding carboxylic acids is 4. The van der Waals surface area contributed by atoms with E-state index in [1.807, 2.05) is 60.7 Å². The van der Waals surface area contributed by atoms with Gasteiger partial charge in [-0.05, 0) is 11.1 Å². The summed E-state index contributed by atoms with van der Waals surface area (Å²) in [7, 11) is 0. The lowest BCUT2D eigenvalue weighted by Gasteiger charge is -2.11. The number of hydrogen-bond donors (Lipinski definition) is 6. The highest BCUT2D eigenvalue weighted by atomic mass is 16.6. The van der Waals surface area contributed by atoms with Gasteiger partial charge in [-0.3, -0.25) is 9.59 Å². The van der Waals surface area contributed by atoms with E-state index >= 15 is 0 Å². The third-order valence-electron chi connectivity index (χ3n) is 5.17. The van der Waals surface area contributed by atoms with Gasteiger partial charge in [0.1, 0.15) is 13.2 Å². The summed E-state index contributed by atoms with van der Waals surface area (Å²) in [5.74, 6) is -2.01. The van der Waals surface area contributed by atoms with Crippen molar-refractivity contribution in [1.29, 1.82) is 0 Å². The second-order valence-electron chi connectivity index (χ2n) is 8.18. The van der Waals surface area contributed by atoms with Crippen molar-refractivity contribution in [3.8, 4) is 0 Å². The summed E-state index contributed by atoms with van der Waals surface area (Å²) in [6.45, 7) is 0.476. The second-order valence-corrected chi connectivity index (χ2v) is 8.18. The largest absolute Gasteiger partial charge is 0.445 e. The van der Waals surface area contributed by atoms with Gasteiger partial charge >= 0.3 is 12.2 Å². The smallest absolute Gasteiger partial charge is 0.407 e. The van der Waals surface area contributed by atoms with Crippen LogP contribution in [0.4, 0.5) is 21.2 Å². The summed E-state index contributed by atoms with van der Waals surface area (Å²) in [6, 6.07) is 18.3. The topological polar surface area (TPSA) is 213 Å². The molecule has 0 radical (unpaired) electrons. The van der Waals surface area contributed by atoms with Gasteiger partial charge in [0.15, 0.2) is 23.0 Å². The molecule has 0 saturated carbocycles. The molecule has 0 fully saturated rings. The normalized spacial score (nSPS) is 10.2. The van der Waals surface area contributed by atoms with Crippen molar-refractivity contribution in [3.05, 3.63) is 83.2 Å². The van der Waals surface area contributed by atoms with E-state index in [4.69, 9.17) is 20.9 Å². The first kappa shape index (κ1) is 29.2. The third-order valence-corrected chi connectivity index (χ3v) is 5.17. The fraction of sp³-hybridized carbons (Fsp3) is 0.231. The maximum atomic E-state index is 12.4. The minimum absolute atomic E-state index is 0.0450. The minimum Gasteiger partial charge on any atom is -0.445 e. The number of nitrogens with zero attached hydrogens (tertiary/aromatic N) is 2. The van der Waals surface area contributed by atoms with E-state index in [9.17, 15) is 19.2 Å². The Bertz CT molecular complexity index is 1210. The number of rotatable bonds is 12. The van der Waals surface area contributed by atoms with Crippen molar-refractivity contribution in [1.82, 2.24) is 31.2 Å². The third kappa shape index (κ3) is 9.48. The van der Waals surface area contributed by atoms with Crippen LogP contribution in [-0.4, -0.2) is 60.1 Å². The van der Waals surface area contributed by atoms with Crippen LogP contribution in [0.3, 0.4) is 0 Å². The Kier molecular flexibility index (Phi) is 11.0. The van der Waals surface area contributed by atoms with E-state index in [-0.39, 0.29) is 62.4 Å². The van der Waals surface area contributed by atoms with Crippen LogP contribution in [-0.2, 0) is 22.7 Å². The van der Waals surface area contributed by atoms with Crippen LogP contribution < -0.4 is 32.7 Å². The molecule has 0 aliphatic carbocycles. The molecule has 40 heavy (non-hydrogen) atoms. The van der Waals surface area contributed by atoms with Gasteiger partial charge in [-0.15, -0.1) is 0 Å². The molecule has 3 aromatic rings. The standard InChI is InChI=1S/C26H30N8O6/c27-21-19(23(35)29-11-13-31-25(37)39-15-17-7-3-1-4-8-17)33-22(28)20(34-21)24(36)30-12-14-32-26(38)40-16-18-9-5-2-6-10-18/h1-10H,11-16H2,(H2,28,33)(H2,27,34)(H,29,35)(H,30,36)(H,31,37)(H,32,38). The molecule has 0 atom stereocenters. The van der Waals surface area contributed by atoms with Gasteiger partial charge in [-0.2, -0.15) is 0 Å². The van der Waals surface area contributed by atoms with Crippen molar-refractivity contribution >= 4 is 35.6 Å². The molecule has 0 aliphatic rings. The lowest BCUT2D eigenvalue weighted by molar-refractivity contribution is 0.0934. The van der Waals surface area contributed by atoms with Crippen molar-refractivity contribution < 1.29 is 28.7 Å². The highest BCUT2D eigenvalue weighted by Gasteiger charge is 2.20. The van der Waals surface area contributed by atoms with Crippen LogP contribution in [0.15, 0.2) is 60.7 Å². The quantitative estimate of drug-likeness (QED) is 0.176. The summed E-state index contributed by atoms with van der Waals surface area (Å²) >= 11 is 0. The van der Waals surface area contributed by atoms with Crippen molar-refractivity contribution in [2.75, 3.05) is 37.6 Å². The van der Waals surface area contributed by atoms with Crippen molar-refractivity contribution in [2.24, 2.45) is 0 Å². The fourth-order valence-corrected chi connectivity index (χ4v) is 3.19. The van der Waals surface area contributed by atoms with E-state index in [0.29, 0.717) is 0 Å². The van der Waals surface area contributed by atoms with E-state index in [1.54, 1.807) is 0 Å². The molecule has 4 amide bonds. The van der Waals surface area contributed by atoms with Crippen molar-refractivity contribution in [2.45, 2.75) is 13.2 Å². The maximum Gasteiger partial charge on any atom is 0.407 e. The molecular formula is C26H30N8O6. The molecule has 0 saturated heterocycles. The highest BCUT2D eigenvalue weighted by Crippen LogP contribution is 2.13. The van der Waals surface area contributed by atoms with E-state index in [2.05, 4.69) is 31.2 Å². The predicted octanol–water partition coefficient (Wildman–Crippen LogP) is 0.953. The molecule has 14 nitrogen and oxygen atoms in total. The molecule has 0 unspecified atom stereocenters. The van der Waals surface area contributed by atoms with Gasteiger partial charge in [0, 0.05) is 26.2 Å². The molecule has 0 aliphatic heterocycles. The Morgan fingerprint density at radius 3 is 1.30 bits per heavy atom. The average Bonchev–Trinajstić information content (AvgIpc) is 2.97. The molecule has 8 N–H and O–H groups in total. The summed E-state index contributed by atoms with van der Waals surface area (Å²) in [5.41, 5.74) is 12.8. The SMILES string of the molecule is Nc1nc(C(=O)NCCNC(=O)OCc2ccccc2)c(N)nc1C(=O)NCCNC(=O)OCc1ccccc1. The molecule has 3 rings (SSSR count). The number of hydrogen-bond acceptors (Lipinski definition) is 10. The number of nitrogens with one attached hydrogen (secondary N) is 4. The Morgan fingerprint density at radius 1 is 0.575 bits per heavy atom. The number of alkyl carbamates (subject to hydrolysis) is 2. The van der Waals surface area contributed by atoms with Crippen LogP contribution >= 0.6 is 0 Å². The van der Waals surface area contributed by atoms with Crippen LogP contribution in [0.1, 0.15) is 32.1 Å². The van der Waals surface area contributed by atoms with Crippen LogP contribution in [0, 0.1) is 0 Å². The van der Waals surface area contributed by atoms with Gasteiger partial charge in [-0.1, -0.05) is 60.7 Å². The molecule has 2 aromatic carbocycles. The minimum atomic E-state index is -0.693. The Balaban J connectivity index is 1.36. The molecule has 0 spiro atoms. The number of amides is 4. The van der Waals surface area contributed by atoms with E-state index in [1.165, 1.54) is 0 Å². The monoisotopic (exact) mass is 550 g/mol. The Labute approximate surface area is 229 Å². The second kappa shape index (κ2) is 15.1. The lowest BCUT2D eigenvalue weighted by Crippen LogP contribution is -2.37. The predicted molar refractivity (Wildman–Crippen MR) is 145 cm³/mol. The van der Waals surface area contributed by atoms with Gasteiger partial charge in [0.2, 0.25) is 0 Å². The first-order chi connectivity index (χ1) is 19.3. The number of carbonyl (C=O) groups is 4. The average molecular weight is 551 g/mol. The summed E-state index contributed by atoms with van der Waals surface area (Å²) in [6.07, 6.45) is -1.28. The summed E-state index contributed by atoms with van der Waals surface area (Å²) < 4.78 is 10.2. The van der Waals surface area contributed by atoms with E-state index in [0.717, 1.165) is 11.1 Å². The first-order valence-corrected chi connectivity index (χ1v) is 12.2. The molecule has 210 valence electrons. The highest BCUT2D eigenvalue weighted by molar-refractivity contribution is 6.00. The van der Waals surface area contributed by atoms with E-state index < -0.39 is 24.0 Å². The lowest BCUT2D eigenvalue weighted by atomic mass is 10.2. The van der Waals surface area contributed by atoms with Crippen LogP contribution in [0.2, 0.25) is 0 Å². The summed E-state index contributed by atoms with van der Waals surface area (Å²) in [5, 5.41) is 10.0. The van der Waals surface area contributed by atoms with Crippen LogP contribution in [0.25, 0.3) is 0 Å². The number of ether oxygens (including phenoxy) is 2. The maximum absolute atomic E-state index is 12.4. The molecule has 1 aromatic heterocycles. The molecule has 0 bridgehead atoms. The molecule has 14 heteroatoms. The van der Waals surface area contributed by atoms with Gasteiger partial charge < -0.3 is 42.2 Å². The fourth-order valence-electron chi connectivity index (χ4n) is 3.19. The Morgan fingerprint density at radius 2 is 0.925 bits per heavy atom. The number of anilines is 2. The Hall–Kier alpha value is -5.40. The molecular weight excluding hydrogens is 520 g/mol. The van der Waals surface area contributed by atoms with Gasteiger partial charge in [0.05, 0.1) is 0 Å². The number of nitrogens with two attached hydrogens (primary N) is 2. The molecule has 1 heterocycles. The number of benzene rings is 2. The van der Waals surface area contributed by atoms with Gasteiger partial charge in [-0.25, -0.2) is 19.6 Å². The van der Waals surface area contributed by atoms with Gasteiger partial charge in [0.25, 0.3) is 11.8 Å². The summed E-state index contributed by atoms with van der Waals surface area (Å²) in [4.78, 5) is 56.2. The first-order valence-electron chi connectivity index (χ1n) is 12.2. The van der Waals surface area contributed by atoms with Crippen LogP contribution in [0.5, 0.6) is 0 Å². The number of nitrogen functional groups attached to an aromatic ring is 2. The zero-order valence-electron chi connectivity index (χ0n) is 21.5. The number of aromatic nitrogens is 2.